The second kappa shape index (κ2) is 5.81. The molecule has 0 bridgehead atoms. The lowest BCUT2D eigenvalue weighted by atomic mass is 10.0. The first-order chi connectivity index (χ1) is 8.31. The van der Waals surface area contributed by atoms with Crippen molar-refractivity contribution in [2.75, 3.05) is 26.0 Å². The van der Waals surface area contributed by atoms with Crippen molar-refractivity contribution in [3.63, 3.8) is 0 Å². The highest BCUT2D eigenvalue weighted by molar-refractivity contribution is 5.55. The summed E-state index contributed by atoms with van der Waals surface area (Å²) in [7, 11) is 5.63. The van der Waals surface area contributed by atoms with Crippen LogP contribution in [0.2, 0.25) is 0 Å². The van der Waals surface area contributed by atoms with Gasteiger partial charge in [-0.15, -0.1) is 5.10 Å². The van der Waals surface area contributed by atoms with Crippen LogP contribution in [0, 0.1) is 16.0 Å². The summed E-state index contributed by atoms with van der Waals surface area (Å²) in [6.07, 6.45) is 1.41. The molecule has 0 spiro atoms. The van der Waals surface area contributed by atoms with Crippen LogP contribution in [-0.2, 0) is 7.05 Å². The Morgan fingerprint density at radius 2 is 2.17 bits per heavy atom. The van der Waals surface area contributed by atoms with Gasteiger partial charge in [-0.3, -0.25) is 14.8 Å². The van der Waals surface area contributed by atoms with E-state index in [0.717, 1.165) is 6.54 Å². The number of likely N-dealkylation sites (N-methyl/N-ethyl adjacent to an activating group) is 1. The van der Waals surface area contributed by atoms with Gasteiger partial charge < -0.3 is 10.2 Å². The Bertz CT molecular complexity index is 414. The van der Waals surface area contributed by atoms with Crippen LogP contribution in [0.25, 0.3) is 0 Å². The Kier molecular flexibility index (Phi) is 4.66. The summed E-state index contributed by atoms with van der Waals surface area (Å²) in [6.45, 7) is 4.96. The molecule has 102 valence electrons. The largest absolute Gasteiger partial charge is 0.359 e. The van der Waals surface area contributed by atoms with Crippen LogP contribution in [0.4, 0.5) is 11.5 Å². The van der Waals surface area contributed by atoms with E-state index in [-0.39, 0.29) is 11.7 Å². The summed E-state index contributed by atoms with van der Waals surface area (Å²) < 4.78 is 1.45. The van der Waals surface area contributed by atoms with Gasteiger partial charge in [0.15, 0.2) is 0 Å². The molecule has 1 atom stereocenters. The van der Waals surface area contributed by atoms with Gasteiger partial charge in [0, 0.05) is 19.6 Å². The number of aromatic nitrogens is 2. The molecule has 7 nitrogen and oxygen atoms in total. The molecule has 0 saturated carbocycles. The fourth-order valence-electron chi connectivity index (χ4n) is 1.70. The maximum atomic E-state index is 10.9. The highest BCUT2D eigenvalue weighted by atomic mass is 16.6. The Hall–Kier alpha value is -1.63. The van der Waals surface area contributed by atoms with Crippen molar-refractivity contribution in [1.29, 1.82) is 0 Å². The Morgan fingerprint density at radius 1 is 1.56 bits per heavy atom. The average molecular weight is 255 g/mol. The minimum absolute atomic E-state index is 0.0157. The Balaban J connectivity index is 2.89. The van der Waals surface area contributed by atoms with E-state index in [9.17, 15) is 10.1 Å². The molecule has 0 aromatic carbocycles. The number of anilines is 1. The van der Waals surface area contributed by atoms with E-state index in [1.54, 1.807) is 7.05 Å². The lowest BCUT2D eigenvalue weighted by Gasteiger charge is -2.25. The predicted octanol–water partition coefficient (Wildman–Crippen LogP) is 1.33. The van der Waals surface area contributed by atoms with E-state index < -0.39 is 4.92 Å². The molecule has 1 aromatic rings. The fraction of sp³-hybridized carbons (Fsp3) is 0.727. The molecule has 1 aromatic heterocycles. The van der Waals surface area contributed by atoms with E-state index >= 15 is 0 Å². The van der Waals surface area contributed by atoms with Crippen LogP contribution in [0.15, 0.2) is 6.20 Å². The first-order valence-corrected chi connectivity index (χ1v) is 5.90. The normalized spacial score (nSPS) is 13.1. The van der Waals surface area contributed by atoms with Gasteiger partial charge in [0.25, 0.3) is 0 Å². The zero-order valence-corrected chi connectivity index (χ0v) is 11.5. The Labute approximate surface area is 107 Å². The van der Waals surface area contributed by atoms with Gasteiger partial charge in [-0.05, 0) is 20.0 Å². The smallest absolute Gasteiger partial charge is 0.330 e. The average Bonchev–Trinajstić information content (AvgIpc) is 2.57. The fourth-order valence-corrected chi connectivity index (χ4v) is 1.70. The monoisotopic (exact) mass is 255 g/mol. The maximum Gasteiger partial charge on any atom is 0.330 e. The third-order valence-corrected chi connectivity index (χ3v) is 2.69. The second-order valence-corrected chi connectivity index (χ2v) is 5.05. The zero-order valence-electron chi connectivity index (χ0n) is 11.5. The summed E-state index contributed by atoms with van der Waals surface area (Å²) >= 11 is 0. The molecule has 0 aliphatic rings. The van der Waals surface area contributed by atoms with Crippen molar-refractivity contribution in [2.45, 2.75) is 19.9 Å². The van der Waals surface area contributed by atoms with E-state index in [2.05, 4.69) is 24.3 Å². The lowest BCUT2D eigenvalue weighted by Crippen LogP contribution is -2.36. The van der Waals surface area contributed by atoms with Gasteiger partial charge in [0.05, 0.1) is 4.92 Å². The molecule has 0 amide bonds. The number of hydrogen-bond donors (Lipinski definition) is 1. The zero-order chi connectivity index (χ0) is 13.9. The molecular formula is C11H21N5O2. The molecule has 0 aliphatic carbocycles. The van der Waals surface area contributed by atoms with Crippen molar-refractivity contribution < 1.29 is 4.92 Å². The molecule has 1 unspecified atom stereocenters. The minimum Gasteiger partial charge on any atom is -0.359 e. The summed E-state index contributed by atoms with van der Waals surface area (Å²) in [5, 5.41) is 18.2. The van der Waals surface area contributed by atoms with Gasteiger partial charge in [-0.2, -0.15) is 0 Å². The molecule has 1 rings (SSSR count). The van der Waals surface area contributed by atoms with Crippen LogP contribution >= 0.6 is 0 Å². The molecule has 7 heteroatoms. The third kappa shape index (κ3) is 3.69. The van der Waals surface area contributed by atoms with Crippen LogP contribution < -0.4 is 5.32 Å². The van der Waals surface area contributed by atoms with E-state index in [4.69, 9.17) is 0 Å². The van der Waals surface area contributed by atoms with Crippen molar-refractivity contribution in [3.05, 3.63) is 16.3 Å². The number of nitrogens with zero attached hydrogens (tertiary/aromatic N) is 4. The summed E-state index contributed by atoms with van der Waals surface area (Å²) in [4.78, 5) is 12.5. The SMILES string of the molecule is CC(C)C(CN(C)C)Nc1nn(C)cc1[N+](=O)[O-]. The first-order valence-electron chi connectivity index (χ1n) is 5.90. The lowest BCUT2D eigenvalue weighted by molar-refractivity contribution is -0.384. The first kappa shape index (κ1) is 14.4. The maximum absolute atomic E-state index is 10.9. The summed E-state index contributed by atoms with van der Waals surface area (Å²) in [5.41, 5.74) is 0.0157. The van der Waals surface area contributed by atoms with Crippen LogP contribution in [0.3, 0.4) is 0 Å². The van der Waals surface area contributed by atoms with Gasteiger partial charge in [0.1, 0.15) is 6.20 Å². The van der Waals surface area contributed by atoms with Crippen molar-refractivity contribution in [1.82, 2.24) is 14.7 Å². The summed E-state index contributed by atoms with van der Waals surface area (Å²) in [5.74, 6) is 0.692. The van der Waals surface area contributed by atoms with Crippen molar-refractivity contribution >= 4 is 11.5 Å². The van der Waals surface area contributed by atoms with Gasteiger partial charge in [0.2, 0.25) is 5.82 Å². The van der Waals surface area contributed by atoms with Gasteiger partial charge in [-0.1, -0.05) is 13.8 Å². The number of nitrogens with one attached hydrogen (secondary N) is 1. The van der Waals surface area contributed by atoms with Gasteiger partial charge >= 0.3 is 5.69 Å². The topological polar surface area (TPSA) is 76.2 Å². The van der Waals surface area contributed by atoms with Crippen LogP contribution in [-0.4, -0.2) is 46.3 Å². The molecule has 0 fully saturated rings. The molecule has 0 radical (unpaired) electrons. The standard InChI is InChI=1S/C11H21N5O2/c1-8(2)9(6-14(3)4)12-11-10(16(17)18)7-15(5)13-11/h7-9H,6H2,1-5H3,(H,12,13). The molecular weight excluding hydrogens is 234 g/mol. The van der Waals surface area contributed by atoms with Crippen molar-refractivity contribution in [3.8, 4) is 0 Å². The predicted molar refractivity (Wildman–Crippen MR) is 70.7 cm³/mol. The number of aryl methyl sites for hydroxylation is 1. The second-order valence-electron chi connectivity index (χ2n) is 5.05. The van der Waals surface area contributed by atoms with E-state index in [0.29, 0.717) is 11.7 Å². The third-order valence-electron chi connectivity index (χ3n) is 2.69. The molecule has 1 N–H and O–H groups in total. The van der Waals surface area contributed by atoms with Crippen LogP contribution in [0.1, 0.15) is 13.8 Å². The Morgan fingerprint density at radius 3 is 2.61 bits per heavy atom. The van der Waals surface area contributed by atoms with Crippen LogP contribution in [0.5, 0.6) is 0 Å². The van der Waals surface area contributed by atoms with Gasteiger partial charge in [-0.25, -0.2) is 0 Å². The minimum atomic E-state index is -0.414. The molecule has 18 heavy (non-hydrogen) atoms. The quantitative estimate of drug-likeness (QED) is 0.613. The number of rotatable bonds is 6. The molecule has 0 aliphatic heterocycles. The van der Waals surface area contributed by atoms with E-state index in [1.165, 1.54) is 10.9 Å². The summed E-state index contributed by atoms with van der Waals surface area (Å²) in [6, 6.07) is 0.119. The highest BCUT2D eigenvalue weighted by Crippen LogP contribution is 2.23. The van der Waals surface area contributed by atoms with Crippen molar-refractivity contribution in [2.24, 2.45) is 13.0 Å². The van der Waals surface area contributed by atoms with E-state index in [1.807, 2.05) is 19.0 Å². The molecule has 0 saturated heterocycles. The highest BCUT2D eigenvalue weighted by Gasteiger charge is 2.23. The number of hydrogen-bond acceptors (Lipinski definition) is 5. The molecule has 1 heterocycles. The number of nitro groups is 1.